The van der Waals surface area contributed by atoms with Crippen molar-refractivity contribution in [1.29, 1.82) is 0 Å². The number of likely N-dealkylation sites (tertiary alicyclic amines) is 1. The molecule has 16 heavy (non-hydrogen) atoms. The Labute approximate surface area is 109 Å². The van der Waals surface area contributed by atoms with Crippen molar-refractivity contribution in [3.63, 3.8) is 0 Å². The quantitative estimate of drug-likeness (QED) is 0.839. The molecule has 0 aliphatic carbocycles. The summed E-state index contributed by atoms with van der Waals surface area (Å²) in [4.78, 5) is 13.9. The predicted molar refractivity (Wildman–Crippen MR) is 70.3 cm³/mol. The van der Waals surface area contributed by atoms with E-state index >= 15 is 0 Å². The molecular formula is C12H14INO2. The smallest absolute Gasteiger partial charge is 0.253 e. The molecule has 0 saturated carbocycles. The maximum Gasteiger partial charge on any atom is 0.253 e. The third kappa shape index (κ3) is 2.55. The Morgan fingerprint density at radius 2 is 2.12 bits per heavy atom. The molecule has 1 saturated heterocycles. The summed E-state index contributed by atoms with van der Waals surface area (Å²) in [5.74, 6) is 0.333. The molecule has 1 aliphatic rings. The fourth-order valence-electron chi connectivity index (χ4n) is 1.94. The second-order valence-corrected chi connectivity index (χ2v) is 5.34. The van der Waals surface area contributed by atoms with E-state index in [1.54, 1.807) is 0 Å². The fourth-order valence-corrected chi connectivity index (χ4v) is 2.30. The molecule has 1 aromatic carbocycles. The second kappa shape index (κ2) is 5.14. The summed E-state index contributed by atoms with van der Waals surface area (Å²) in [5, 5.41) is 9.03. The van der Waals surface area contributed by atoms with Crippen LogP contribution in [0.2, 0.25) is 0 Å². The molecule has 0 aromatic heterocycles. The topological polar surface area (TPSA) is 40.5 Å². The van der Waals surface area contributed by atoms with Crippen molar-refractivity contribution in [3.05, 3.63) is 33.4 Å². The van der Waals surface area contributed by atoms with Gasteiger partial charge in [-0.2, -0.15) is 0 Å². The lowest BCUT2D eigenvalue weighted by atomic mass is 10.1. The van der Waals surface area contributed by atoms with Gasteiger partial charge >= 0.3 is 0 Å². The molecule has 0 spiro atoms. The summed E-state index contributed by atoms with van der Waals surface area (Å²) < 4.78 is 1.13. The van der Waals surface area contributed by atoms with Crippen LogP contribution in [0.3, 0.4) is 0 Å². The summed E-state index contributed by atoms with van der Waals surface area (Å²) in [6.07, 6.45) is 0.909. The number of hydrogen-bond acceptors (Lipinski definition) is 2. The molecule has 4 heteroatoms. The molecule has 1 N–H and O–H groups in total. The summed E-state index contributed by atoms with van der Waals surface area (Å²) in [7, 11) is 0. The van der Waals surface area contributed by atoms with E-state index < -0.39 is 0 Å². The highest BCUT2D eigenvalue weighted by atomic mass is 127. The first-order valence-electron chi connectivity index (χ1n) is 5.36. The highest BCUT2D eigenvalue weighted by Crippen LogP contribution is 2.18. The number of hydrogen-bond donors (Lipinski definition) is 1. The lowest BCUT2D eigenvalue weighted by Gasteiger charge is -2.16. The van der Waals surface area contributed by atoms with Gasteiger partial charge in [-0.3, -0.25) is 4.79 Å². The first kappa shape index (κ1) is 11.9. The third-order valence-corrected chi connectivity index (χ3v) is 3.64. The monoisotopic (exact) mass is 331 g/mol. The molecule has 86 valence electrons. The van der Waals surface area contributed by atoms with E-state index in [1.165, 1.54) is 0 Å². The van der Waals surface area contributed by atoms with Gasteiger partial charge in [-0.1, -0.05) is 0 Å². The second-order valence-electron chi connectivity index (χ2n) is 4.10. The maximum absolute atomic E-state index is 12.1. The number of benzene rings is 1. The lowest BCUT2D eigenvalue weighted by molar-refractivity contribution is 0.0782. The molecule has 0 bridgehead atoms. The van der Waals surface area contributed by atoms with Crippen LogP contribution in [0.4, 0.5) is 0 Å². The Morgan fingerprint density at radius 1 is 1.44 bits per heavy atom. The van der Waals surface area contributed by atoms with Crippen LogP contribution in [0.15, 0.2) is 24.3 Å². The van der Waals surface area contributed by atoms with Gasteiger partial charge in [-0.15, -0.1) is 0 Å². The van der Waals surface area contributed by atoms with Gasteiger partial charge in [0.05, 0.1) is 0 Å². The molecule has 2 rings (SSSR count). The highest BCUT2D eigenvalue weighted by molar-refractivity contribution is 14.1. The van der Waals surface area contributed by atoms with E-state index in [-0.39, 0.29) is 18.4 Å². The third-order valence-electron chi connectivity index (χ3n) is 2.92. The van der Waals surface area contributed by atoms with Gasteiger partial charge in [-0.25, -0.2) is 0 Å². The average Bonchev–Trinajstić information content (AvgIpc) is 2.77. The number of carbonyl (C=O) groups is 1. The zero-order chi connectivity index (χ0) is 11.5. The minimum absolute atomic E-state index is 0.0763. The zero-order valence-electron chi connectivity index (χ0n) is 8.90. The molecule has 3 nitrogen and oxygen atoms in total. The average molecular weight is 331 g/mol. The van der Waals surface area contributed by atoms with E-state index in [9.17, 15) is 4.79 Å². The van der Waals surface area contributed by atoms with Gasteiger partial charge in [-0.05, 0) is 53.3 Å². The molecule has 1 fully saturated rings. The minimum atomic E-state index is 0.0763. The van der Waals surface area contributed by atoms with Gasteiger partial charge in [0.15, 0.2) is 0 Å². The van der Waals surface area contributed by atoms with Crippen molar-refractivity contribution in [2.75, 3.05) is 19.7 Å². The van der Waals surface area contributed by atoms with Crippen molar-refractivity contribution in [2.24, 2.45) is 5.92 Å². The Morgan fingerprint density at radius 3 is 2.69 bits per heavy atom. The normalized spacial score (nSPS) is 20.1. The molecular weight excluding hydrogens is 317 g/mol. The van der Waals surface area contributed by atoms with E-state index in [0.717, 1.165) is 22.1 Å². The number of amides is 1. The molecule has 1 unspecified atom stereocenters. The van der Waals surface area contributed by atoms with Crippen molar-refractivity contribution in [3.8, 4) is 0 Å². The van der Waals surface area contributed by atoms with Crippen LogP contribution < -0.4 is 0 Å². The van der Waals surface area contributed by atoms with Gasteiger partial charge in [0.25, 0.3) is 5.91 Å². The van der Waals surface area contributed by atoms with Crippen molar-refractivity contribution in [1.82, 2.24) is 4.90 Å². The molecule has 1 atom stereocenters. The van der Waals surface area contributed by atoms with Crippen LogP contribution in [0.1, 0.15) is 16.8 Å². The standard InChI is InChI=1S/C12H14INO2/c13-11-3-1-10(2-4-11)12(16)14-6-5-9(7-14)8-15/h1-4,9,15H,5-8H2. The SMILES string of the molecule is O=C(c1ccc(I)cc1)N1CCC(CO)C1. The van der Waals surface area contributed by atoms with Crippen LogP contribution in [0, 0.1) is 9.49 Å². The number of aliphatic hydroxyl groups excluding tert-OH is 1. The van der Waals surface area contributed by atoms with E-state index in [2.05, 4.69) is 22.6 Å². The van der Waals surface area contributed by atoms with Gasteiger partial charge < -0.3 is 10.0 Å². The first-order valence-corrected chi connectivity index (χ1v) is 6.44. The van der Waals surface area contributed by atoms with Crippen LogP contribution >= 0.6 is 22.6 Å². The van der Waals surface area contributed by atoms with Crippen molar-refractivity contribution < 1.29 is 9.90 Å². The predicted octanol–water partition coefficient (Wildman–Crippen LogP) is 1.75. The first-order chi connectivity index (χ1) is 7.70. The van der Waals surface area contributed by atoms with E-state index in [0.29, 0.717) is 6.54 Å². The number of nitrogens with zero attached hydrogens (tertiary/aromatic N) is 1. The Kier molecular flexibility index (Phi) is 3.81. The van der Waals surface area contributed by atoms with E-state index in [1.807, 2.05) is 29.2 Å². The molecule has 1 aromatic rings. The summed E-state index contributed by atoms with van der Waals surface area (Å²) in [6, 6.07) is 7.59. The molecule has 1 aliphatic heterocycles. The Hall–Kier alpha value is -0.620. The summed E-state index contributed by atoms with van der Waals surface area (Å²) >= 11 is 2.22. The Balaban J connectivity index is 2.05. The number of carbonyl (C=O) groups excluding carboxylic acids is 1. The zero-order valence-corrected chi connectivity index (χ0v) is 11.1. The fraction of sp³-hybridized carbons (Fsp3) is 0.417. The molecule has 1 amide bonds. The summed E-state index contributed by atoms with van der Waals surface area (Å²) in [6.45, 7) is 1.62. The Bertz CT molecular complexity index is 377. The molecule has 1 heterocycles. The van der Waals surface area contributed by atoms with E-state index in [4.69, 9.17) is 5.11 Å². The van der Waals surface area contributed by atoms with Crippen molar-refractivity contribution >= 4 is 28.5 Å². The molecule has 0 radical (unpaired) electrons. The van der Waals surface area contributed by atoms with Gasteiger partial charge in [0.1, 0.15) is 0 Å². The lowest BCUT2D eigenvalue weighted by Crippen LogP contribution is -2.29. The summed E-state index contributed by atoms with van der Waals surface area (Å²) in [5.41, 5.74) is 0.735. The van der Waals surface area contributed by atoms with Gasteiger partial charge in [0, 0.05) is 34.7 Å². The minimum Gasteiger partial charge on any atom is -0.396 e. The largest absolute Gasteiger partial charge is 0.396 e. The van der Waals surface area contributed by atoms with Crippen molar-refractivity contribution in [2.45, 2.75) is 6.42 Å². The van der Waals surface area contributed by atoms with Gasteiger partial charge in [0.2, 0.25) is 0 Å². The number of rotatable bonds is 2. The van der Waals surface area contributed by atoms with Crippen LogP contribution in [-0.2, 0) is 0 Å². The highest BCUT2D eigenvalue weighted by Gasteiger charge is 2.26. The van der Waals surface area contributed by atoms with Crippen LogP contribution in [0.25, 0.3) is 0 Å². The van der Waals surface area contributed by atoms with Crippen LogP contribution in [0.5, 0.6) is 0 Å². The number of aliphatic hydroxyl groups is 1. The number of halogens is 1. The van der Waals surface area contributed by atoms with Crippen LogP contribution in [-0.4, -0.2) is 35.6 Å². The maximum atomic E-state index is 12.1.